The molecule has 1 aromatic carbocycles. The number of carbonyl (C=O) groups excluding carboxylic acids is 1. The first kappa shape index (κ1) is 11.9. The van der Waals surface area contributed by atoms with E-state index in [4.69, 9.17) is 4.98 Å². The molecule has 0 bridgehead atoms. The highest BCUT2D eigenvalue weighted by Crippen LogP contribution is 2.26. The number of hydrogen-bond donors (Lipinski definition) is 1. The average Bonchev–Trinajstić information content (AvgIpc) is 3.17. The second-order valence-electron chi connectivity index (χ2n) is 6.23. The molecule has 1 atom stereocenters. The van der Waals surface area contributed by atoms with Crippen molar-refractivity contribution in [1.29, 1.82) is 0 Å². The van der Waals surface area contributed by atoms with Crippen molar-refractivity contribution in [3.63, 3.8) is 0 Å². The van der Waals surface area contributed by atoms with Crippen molar-refractivity contribution >= 4 is 16.9 Å². The summed E-state index contributed by atoms with van der Waals surface area (Å²) in [6, 6.07) is 6.30. The second-order valence-corrected chi connectivity index (χ2v) is 6.23. The number of fused-ring (bicyclic) bond motifs is 3. The summed E-state index contributed by atoms with van der Waals surface area (Å²) in [6.07, 6.45) is 4.48. The Labute approximate surface area is 118 Å². The van der Waals surface area contributed by atoms with Gasteiger partial charge in [-0.15, -0.1) is 0 Å². The Bertz CT molecular complexity index is 684. The minimum absolute atomic E-state index is 0.0359. The van der Waals surface area contributed by atoms with Crippen molar-refractivity contribution in [2.75, 3.05) is 0 Å². The summed E-state index contributed by atoms with van der Waals surface area (Å²) in [7, 11) is 0. The molecule has 1 aromatic heterocycles. The van der Waals surface area contributed by atoms with Crippen LogP contribution in [0.25, 0.3) is 11.0 Å². The maximum Gasteiger partial charge on any atom is 0.251 e. The Hall–Kier alpha value is -1.84. The van der Waals surface area contributed by atoms with E-state index in [2.05, 4.69) is 16.8 Å². The Kier molecular flexibility index (Phi) is 2.59. The van der Waals surface area contributed by atoms with Crippen LogP contribution in [0.3, 0.4) is 0 Å². The lowest BCUT2D eigenvalue weighted by molar-refractivity contribution is 0.0951. The van der Waals surface area contributed by atoms with E-state index < -0.39 is 0 Å². The normalized spacial score (nSPS) is 21.8. The first-order chi connectivity index (χ1) is 9.70. The molecule has 4 rings (SSSR count). The highest BCUT2D eigenvalue weighted by Gasteiger charge is 2.24. The van der Waals surface area contributed by atoms with Gasteiger partial charge in [-0.25, -0.2) is 4.98 Å². The summed E-state index contributed by atoms with van der Waals surface area (Å²) >= 11 is 0. The van der Waals surface area contributed by atoms with Crippen molar-refractivity contribution in [3.05, 3.63) is 29.6 Å². The maximum atomic E-state index is 12.1. The van der Waals surface area contributed by atoms with Gasteiger partial charge in [-0.2, -0.15) is 0 Å². The van der Waals surface area contributed by atoms with E-state index in [-0.39, 0.29) is 5.91 Å². The third kappa shape index (κ3) is 1.99. The van der Waals surface area contributed by atoms with Gasteiger partial charge in [0.1, 0.15) is 5.82 Å². The summed E-state index contributed by atoms with van der Waals surface area (Å²) in [5.74, 6) is 1.91. The van der Waals surface area contributed by atoms with Crippen molar-refractivity contribution in [3.8, 4) is 0 Å². The van der Waals surface area contributed by atoms with Crippen LogP contribution in [0.2, 0.25) is 0 Å². The summed E-state index contributed by atoms with van der Waals surface area (Å²) in [4.78, 5) is 16.8. The molecule has 1 unspecified atom stereocenters. The highest BCUT2D eigenvalue weighted by molar-refractivity contribution is 5.97. The lowest BCUT2D eigenvalue weighted by atomic mass is 10.0. The first-order valence-corrected chi connectivity index (χ1v) is 7.51. The minimum Gasteiger partial charge on any atom is -0.349 e. The van der Waals surface area contributed by atoms with E-state index in [0.29, 0.717) is 12.0 Å². The standard InChI is InChI=1S/C16H19N3O/c1-10-6-7-19-14-5-2-11(16(20)17-12-3-4-12)9-13(14)18-15(19)8-10/h2,5,9-10,12H,3-4,6-8H2,1H3,(H,17,20). The number of aromatic nitrogens is 2. The van der Waals surface area contributed by atoms with Gasteiger partial charge in [0.25, 0.3) is 5.91 Å². The molecule has 1 fully saturated rings. The van der Waals surface area contributed by atoms with Gasteiger partial charge in [0.05, 0.1) is 11.0 Å². The zero-order valence-electron chi connectivity index (χ0n) is 11.7. The quantitative estimate of drug-likeness (QED) is 0.910. The van der Waals surface area contributed by atoms with Gasteiger partial charge in [-0.1, -0.05) is 6.92 Å². The molecule has 104 valence electrons. The van der Waals surface area contributed by atoms with Crippen LogP contribution >= 0.6 is 0 Å². The summed E-state index contributed by atoms with van der Waals surface area (Å²) in [5, 5.41) is 3.03. The van der Waals surface area contributed by atoms with Gasteiger partial charge in [0.2, 0.25) is 0 Å². The van der Waals surface area contributed by atoms with Crippen LogP contribution in [0.1, 0.15) is 42.4 Å². The van der Waals surface area contributed by atoms with Gasteiger partial charge in [-0.05, 0) is 43.4 Å². The van der Waals surface area contributed by atoms with Gasteiger partial charge < -0.3 is 9.88 Å². The van der Waals surface area contributed by atoms with Crippen LogP contribution in [-0.4, -0.2) is 21.5 Å². The number of rotatable bonds is 2. The molecule has 1 aliphatic carbocycles. The maximum absolute atomic E-state index is 12.1. The van der Waals surface area contributed by atoms with E-state index >= 15 is 0 Å². The Morgan fingerprint density at radius 1 is 1.35 bits per heavy atom. The Morgan fingerprint density at radius 2 is 2.20 bits per heavy atom. The molecular weight excluding hydrogens is 250 g/mol. The molecule has 0 spiro atoms. The van der Waals surface area contributed by atoms with Crippen LogP contribution in [0.15, 0.2) is 18.2 Å². The third-order valence-corrected chi connectivity index (χ3v) is 4.38. The minimum atomic E-state index is 0.0359. The van der Waals surface area contributed by atoms with Gasteiger partial charge in [-0.3, -0.25) is 4.79 Å². The fourth-order valence-electron chi connectivity index (χ4n) is 2.99. The molecule has 0 radical (unpaired) electrons. The largest absolute Gasteiger partial charge is 0.349 e. The zero-order valence-corrected chi connectivity index (χ0v) is 11.7. The summed E-state index contributed by atoms with van der Waals surface area (Å²) in [6.45, 7) is 3.32. The first-order valence-electron chi connectivity index (χ1n) is 7.51. The predicted octanol–water partition coefficient (Wildman–Crippen LogP) is 2.51. The number of benzene rings is 1. The van der Waals surface area contributed by atoms with Crippen LogP contribution < -0.4 is 5.32 Å². The number of carbonyl (C=O) groups is 1. The molecule has 1 N–H and O–H groups in total. The van der Waals surface area contributed by atoms with Crippen molar-refractivity contribution in [1.82, 2.24) is 14.9 Å². The monoisotopic (exact) mass is 269 g/mol. The van der Waals surface area contributed by atoms with E-state index in [0.717, 1.165) is 42.4 Å². The molecule has 0 saturated heterocycles. The third-order valence-electron chi connectivity index (χ3n) is 4.38. The van der Waals surface area contributed by atoms with Crippen LogP contribution in [0.4, 0.5) is 0 Å². The van der Waals surface area contributed by atoms with Gasteiger partial charge in [0.15, 0.2) is 0 Å². The number of imidazole rings is 1. The van der Waals surface area contributed by atoms with E-state index in [9.17, 15) is 4.79 Å². The lowest BCUT2D eigenvalue weighted by Gasteiger charge is -2.19. The summed E-state index contributed by atoms with van der Waals surface area (Å²) < 4.78 is 2.30. The topological polar surface area (TPSA) is 46.9 Å². The second kappa shape index (κ2) is 4.33. The van der Waals surface area contributed by atoms with E-state index in [1.54, 1.807) is 0 Å². The van der Waals surface area contributed by atoms with Gasteiger partial charge >= 0.3 is 0 Å². The van der Waals surface area contributed by atoms with Crippen molar-refractivity contribution in [2.45, 2.75) is 45.2 Å². The molecule has 20 heavy (non-hydrogen) atoms. The molecule has 4 nitrogen and oxygen atoms in total. The average molecular weight is 269 g/mol. The number of aryl methyl sites for hydroxylation is 1. The van der Waals surface area contributed by atoms with Crippen LogP contribution in [-0.2, 0) is 13.0 Å². The fourth-order valence-corrected chi connectivity index (χ4v) is 2.99. The zero-order chi connectivity index (χ0) is 13.7. The molecule has 1 aliphatic heterocycles. The van der Waals surface area contributed by atoms with E-state index in [1.165, 1.54) is 12.2 Å². The Balaban J connectivity index is 1.70. The SMILES string of the molecule is CC1CCn2c(nc3cc(C(=O)NC4CC4)ccc32)C1. The molecule has 1 amide bonds. The van der Waals surface area contributed by atoms with Crippen LogP contribution in [0, 0.1) is 5.92 Å². The number of hydrogen-bond acceptors (Lipinski definition) is 2. The molecule has 4 heteroatoms. The molecule has 2 aliphatic rings. The Morgan fingerprint density at radius 3 is 3.00 bits per heavy atom. The van der Waals surface area contributed by atoms with Crippen LogP contribution in [0.5, 0.6) is 0 Å². The molecule has 2 aromatic rings. The number of amides is 1. The van der Waals surface area contributed by atoms with Gasteiger partial charge in [0, 0.05) is 24.6 Å². The molecule has 1 saturated carbocycles. The van der Waals surface area contributed by atoms with Crippen molar-refractivity contribution < 1.29 is 4.79 Å². The number of nitrogens with zero attached hydrogens (tertiary/aromatic N) is 2. The highest BCUT2D eigenvalue weighted by atomic mass is 16.1. The smallest absolute Gasteiger partial charge is 0.251 e. The molecular formula is C16H19N3O. The predicted molar refractivity (Wildman–Crippen MR) is 77.7 cm³/mol. The molecule has 2 heterocycles. The van der Waals surface area contributed by atoms with Crippen molar-refractivity contribution in [2.24, 2.45) is 5.92 Å². The fraction of sp³-hybridized carbons (Fsp3) is 0.500. The lowest BCUT2D eigenvalue weighted by Crippen LogP contribution is -2.25. The van der Waals surface area contributed by atoms with E-state index in [1.807, 2.05) is 18.2 Å². The summed E-state index contributed by atoms with van der Waals surface area (Å²) in [5.41, 5.74) is 2.85. The number of nitrogens with one attached hydrogen (secondary N) is 1.